The number of hydrogen-bond donors (Lipinski definition) is 1. The van der Waals surface area contributed by atoms with Crippen molar-refractivity contribution >= 4 is 17.7 Å². The van der Waals surface area contributed by atoms with Gasteiger partial charge in [-0.15, -0.1) is 10.2 Å². The number of nitrogens with zero attached hydrogens (tertiary/aromatic N) is 3. The van der Waals surface area contributed by atoms with E-state index in [-0.39, 0.29) is 5.56 Å². The second-order valence-corrected chi connectivity index (χ2v) is 4.90. The van der Waals surface area contributed by atoms with Gasteiger partial charge in [-0.25, -0.2) is 9.18 Å². The van der Waals surface area contributed by atoms with Crippen molar-refractivity contribution in [2.75, 3.05) is 0 Å². The zero-order valence-corrected chi connectivity index (χ0v) is 11.2. The number of hydrogen-bond acceptors (Lipinski definition) is 4. The lowest BCUT2D eigenvalue weighted by Gasteiger charge is -2.05. The summed E-state index contributed by atoms with van der Waals surface area (Å²) in [4.78, 5) is 10.8. The normalized spacial score (nSPS) is 10.7. The van der Waals surface area contributed by atoms with Crippen LogP contribution < -0.4 is 0 Å². The first-order valence-corrected chi connectivity index (χ1v) is 6.48. The molecule has 1 heterocycles. The molecule has 19 heavy (non-hydrogen) atoms. The molecular formula is C12H12FN3O2S. The first-order chi connectivity index (χ1) is 9.00. The van der Waals surface area contributed by atoms with E-state index in [9.17, 15) is 9.18 Å². The van der Waals surface area contributed by atoms with Crippen molar-refractivity contribution in [3.63, 3.8) is 0 Å². The van der Waals surface area contributed by atoms with Crippen LogP contribution in [0.4, 0.5) is 4.39 Å². The molecule has 0 spiro atoms. The lowest BCUT2D eigenvalue weighted by atomic mass is 10.1. The minimum absolute atomic E-state index is 0.304. The molecule has 0 amide bonds. The number of aryl methyl sites for hydroxylation is 1. The van der Waals surface area contributed by atoms with Crippen molar-refractivity contribution in [2.45, 2.75) is 17.8 Å². The molecule has 0 atom stereocenters. The van der Waals surface area contributed by atoms with E-state index >= 15 is 0 Å². The van der Waals surface area contributed by atoms with Crippen LogP contribution >= 0.6 is 11.8 Å². The maximum absolute atomic E-state index is 13.9. The third kappa shape index (κ3) is 2.76. The Bertz CT molecular complexity index is 627. The molecule has 0 radical (unpaired) electrons. The number of aromatic carboxylic acids is 1. The molecule has 0 unspecified atom stereocenters. The van der Waals surface area contributed by atoms with Crippen LogP contribution in [0.3, 0.4) is 0 Å². The lowest BCUT2D eigenvalue weighted by Crippen LogP contribution is -2.03. The molecule has 2 aromatic rings. The van der Waals surface area contributed by atoms with Crippen molar-refractivity contribution in [3.8, 4) is 0 Å². The number of halogens is 1. The van der Waals surface area contributed by atoms with Gasteiger partial charge in [0.15, 0.2) is 5.16 Å². The summed E-state index contributed by atoms with van der Waals surface area (Å²) in [5.74, 6) is -0.888. The van der Waals surface area contributed by atoms with Gasteiger partial charge in [-0.2, -0.15) is 0 Å². The molecule has 0 saturated heterocycles. The maximum atomic E-state index is 13.9. The van der Waals surface area contributed by atoms with Crippen molar-refractivity contribution in [1.82, 2.24) is 14.8 Å². The van der Waals surface area contributed by atoms with E-state index < -0.39 is 11.8 Å². The Kier molecular flexibility index (Phi) is 3.84. The van der Waals surface area contributed by atoms with Gasteiger partial charge in [0.05, 0.1) is 5.56 Å². The Balaban J connectivity index is 2.18. The van der Waals surface area contributed by atoms with Crippen LogP contribution in [0.5, 0.6) is 0 Å². The average Bonchev–Trinajstić information content (AvgIpc) is 2.68. The van der Waals surface area contributed by atoms with Crippen molar-refractivity contribution in [2.24, 2.45) is 7.05 Å². The fourth-order valence-electron chi connectivity index (χ4n) is 1.51. The second kappa shape index (κ2) is 5.40. The van der Waals surface area contributed by atoms with Crippen LogP contribution in [-0.4, -0.2) is 25.8 Å². The number of benzene rings is 1. The van der Waals surface area contributed by atoms with Gasteiger partial charge < -0.3 is 9.67 Å². The minimum atomic E-state index is -1.26. The van der Waals surface area contributed by atoms with Crippen molar-refractivity contribution < 1.29 is 14.3 Å². The number of carbonyl (C=O) groups is 1. The van der Waals surface area contributed by atoms with E-state index in [4.69, 9.17) is 5.11 Å². The van der Waals surface area contributed by atoms with Crippen LogP contribution in [0.25, 0.3) is 0 Å². The van der Waals surface area contributed by atoms with Gasteiger partial charge in [0.1, 0.15) is 11.6 Å². The first-order valence-electron chi connectivity index (χ1n) is 5.50. The monoisotopic (exact) mass is 281 g/mol. The van der Waals surface area contributed by atoms with Gasteiger partial charge in [-0.3, -0.25) is 0 Å². The lowest BCUT2D eigenvalue weighted by molar-refractivity contribution is 0.0691. The highest BCUT2D eigenvalue weighted by atomic mass is 32.2. The zero-order valence-electron chi connectivity index (χ0n) is 10.4. The van der Waals surface area contributed by atoms with Crippen molar-refractivity contribution in [3.05, 3.63) is 41.0 Å². The average molecular weight is 281 g/mol. The van der Waals surface area contributed by atoms with Gasteiger partial charge in [0, 0.05) is 12.8 Å². The molecule has 2 rings (SSSR count). The zero-order chi connectivity index (χ0) is 14.0. The Morgan fingerprint density at radius 2 is 2.21 bits per heavy atom. The molecule has 1 aromatic heterocycles. The molecule has 1 aromatic carbocycles. The Morgan fingerprint density at radius 3 is 2.79 bits per heavy atom. The first kappa shape index (κ1) is 13.5. The fourth-order valence-corrected chi connectivity index (χ4v) is 2.44. The van der Waals surface area contributed by atoms with Crippen molar-refractivity contribution in [1.29, 1.82) is 0 Å². The van der Waals surface area contributed by atoms with Crippen LogP contribution in [-0.2, 0) is 12.8 Å². The Labute approximate surface area is 113 Å². The van der Waals surface area contributed by atoms with E-state index in [0.29, 0.717) is 16.5 Å². The van der Waals surface area contributed by atoms with E-state index in [1.165, 1.54) is 23.9 Å². The number of thioether (sulfide) groups is 1. The molecule has 1 N–H and O–H groups in total. The summed E-state index contributed by atoms with van der Waals surface area (Å²) in [5.41, 5.74) is 0.0257. The smallest absolute Gasteiger partial charge is 0.338 e. The molecule has 0 saturated carbocycles. The molecule has 7 heteroatoms. The summed E-state index contributed by atoms with van der Waals surface area (Å²) < 4.78 is 15.7. The van der Waals surface area contributed by atoms with Crippen LogP contribution in [0, 0.1) is 12.7 Å². The Morgan fingerprint density at radius 1 is 1.47 bits per heavy atom. The van der Waals surface area contributed by atoms with Gasteiger partial charge >= 0.3 is 5.97 Å². The van der Waals surface area contributed by atoms with Gasteiger partial charge in [-0.05, 0) is 18.6 Å². The Hall–Kier alpha value is -1.89. The predicted molar refractivity (Wildman–Crippen MR) is 68.7 cm³/mol. The maximum Gasteiger partial charge on any atom is 0.338 e. The van der Waals surface area contributed by atoms with E-state index in [1.807, 2.05) is 14.0 Å². The van der Waals surface area contributed by atoms with Gasteiger partial charge in [-0.1, -0.05) is 23.9 Å². The number of carboxylic acids is 1. The SMILES string of the molecule is Cc1nnc(SCc2cccc(C(=O)O)c2F)n1C. The number of aromatic nitrogens is 3. The number of rotatable bonds is 4. The van der Waals surface area contributed by atoms with E-state index in [1.54, 1.807) is 10.6 Å². The molecule has 100 valence electrons. The molecule has 5 nitrogen and oxygen atoms in total. The van der Waals surface area contributed by atoms with Crippen LogP contribution in [0.1, 0.15) is 21.7 Å². The van der Waals surface area contributed by atoms with Gasteiger partial charge in [0.2, 0.25) is 0 Å². The summed E-state index contributed by atoms with van der Waals surface area (Å²) in [6.07, 6.45) is 0. The summed E-state index contributed by atoms with van der Waals surface area (Å²) in [6, 6.07) is 4.35. The fraction of sp³-hybridized carbons (Fsp3) is 0.250. The summed E-state index contributed by atoms with van der Waals surface area (Å²) >= 11 is 1.31. The largest absolute Gasteiger partial charge is 0.478 e. The molecule has 0 bridgehead atoms. The topological polar surface area (TPSA) is 68.0 Å². The van der Waals surface area contributed by atoms with E-state index in [2.05, 4.69) is 10.2 Å². The highest BCUT2D eigenvalue weighted by Gasteiger charge is 2.14. The highest BCUT2D eigenvalue weighted by Crippen LogP contribution is 2.23. The standard InChI is InChI=1S/C12H12FN3O2S/c1-7-14-15-12(16(7)2)19-6-8-4-3-5-9(10(8)13)11(17)18/h3-5H,6H2,1-2H3,(H,17,18). The summed E-state index contributed by atoms with van der Waals surface area (Å²) in [5, 5.41) is 17.4. The second-order valence-electron chi connectivity index (χ2n) is 3.96. The quantitative estimate of drug-likeness (QED) is 0.871. The molecule has 0 aliphatic carbocycles. The van der Waals surface area contributed by atoms with Crippen LogP contribution in [0.2, 0.25) is 0 Å². The summed E-state index contributed by atoms with van der Waals surface area (Å²) in [6.45, 7) is 1.82. The third-order valence-electron chi connectivity index (χ3n) is 2.72. The number of carboxylic acid groups (broad SMARTS) is 1. The van der Waals surface area contributed by atoms with Crippen LogP contribution in [0.15, 0.2) is 23.4 Å². The summed E-state index contributed by atoms with van der Waals surface area (Å²) in [7, 11) is 1.82. The molecule has 0 fully saturated rings. The predicted octanol–water partition coefficient (Wildman–Crippen LogP) is 2.25. The minimum Gasteiger partial charge on any atom is -0.478 e. The van der Waals surface area contributed by atoms with Gasteiger partial charge in [0.25, 0.3) is 0 Å². The molecule has 0 aliphatic heterocycles. The van der Waals surface area contributed by atoms with E-state index in [0.717, 1.165) is 5.82 Å². The molecule has 0 aliphatic rings. The highest BCUT2D eigenvalue weighted by molar-refractivity contribution is 7.98. The molecular weight excluding hydrogens is 269 g/mol. The third-order valence-corrected chi connectivity index (χ3v) is 3.79.